The standard InChI is InChI=1S/C45H33N3Si/c1-49(2)39-19-11-18-38(42(39)41-37-17-10-9-16-34(37)28-29-40(41)49)45-47-43(35-24-20-32(21-25-35)30-12-5-3-6-13-30)46-44(48-45)36-26-22-33(23-27-36)31-14-7-4-8-15-31/h3-29H,1-2H3. The molecule has 0 atom stereocenters. The summed E-state index contributed by atoms with van der Waals surface area (Å²) in [6.07, 6.45) is 0. The first-order chi connectivity index (χ1) is 24.0. The molecule has 0 N–H and O–H groups in total. The van der Waals surface area contributed by atoms with Crippen molar-refractivity contribution in [3.63, 3.8) is 0 Å². The molecule has 4 heteroatoms. The summed E-state index contributed by atoms with van der Waals surface area (Å²) in [5, 5.41) is 5.44. The Hall–Kier alpha value is -5.97. The van der Waals surface area contributed by atoms with E-state index in [1.165, 1.54) is 43.4 Å². The van der Waals surface area contributed by atoms with E-state index >= 15 is 0 Å². The van der Waals surface area contributed by atoms with Gasteiger partial charge in [0.2, 0.25) is 0 Å². The zero-order valence-corrected chi connectivity index (χ0v) is 28.4. The van der Waals surface area contributed by atoms with E-state index in [1.54, 1.807) is 0 Å². The summed E-state index contributed by atoms with van der Waals surface area (Å²) in [4.78, 5) is 15.6. The summed E-state index contributed by atoms with van der Waals surface area (Å²) in [5.41, 5.74) is 10.3. The van der Waals surface area contributed by atoms with Crippen LogP contribution in [0.25, 0.3) is 78.3 Å². The maximum atomic E-state index is 5.24. The van der Waals surface area contributed by atoms with Crippen LogP contribution in [0.15, 0.2) is 164 Å². The molecule has 0 radical (unpaired) electrons. The van der Waals surface area contributed by atoms with E-state index in [0.717, 1.165) is 27.8 Å². The molecule has 0 bridgehead atoms. The highest BCUT2D eigenvalue weighted by Crippen LogP contribution is 2.40. The van der Waals surface area contributed by atoms with Crippen molar-refractivity contribution in [3.05, 3.63) is 164 Å². The van der Waals surface area contributed by atoms with E-state index in [0.29, 0.717) is 17.5 Å². The molecule has 232 valence electrons. The van der Waals surface area contributed by atoms with E-state index in [2.05, 4.69) is 165 Å². The van der Waals surface area contributed by atoms with Gasteiger partial charge in [-0.25, -0.2) is 15.0 Å². The number of hydrogen-bond donors (Lipinski definition) is 0. The van der Waals surface area contributed by atoms with Gasteiger partial charge < -0.3 is 0 Å². The molecule has 0 saturated carbocycles. The van der Waals surface area contributed by atoms with Crippen LogP contribution in [0.4, 0.5) is 0 Å². The molecule has 7 aromatic carbocycles. The van der Waals surface area contributed by atoms with E-state index in [-0.39, 0.29) is 0 Å². The van der Waals surface area contributed by atoms with Crippen molar-refractivity contribution >= 4 is 29.2 Å². The van der Waals surface area contributed by atoms with Crippen LogP contribution in [0.2, 0.25) is 13.1 Å². The molecule has 0 amide bonds. The third-order valence-corrected chi connectivity index (χ3v) is 13.5. The highest BCUT2D eigenvalue weighted by molar-refractivity contribution is 7.04. The molecule has 0 fully saturated rings. The molecule has 9 rings (SSSR count). The van der Waals surface area contributed by atoms with Gasteiger partial charge in [-0.1, -0.05) is 177 Å². The largest absolute Gasteiger partial charge is 0.208 e. The lowest BCUT2D eigenvalue weighted by atomic mass is 9.94. The molecule has 1 aliphatic heterocycles. The zero-order chi connectivity index (χ0) is 33.0. The molecule has 0 aliphatic carbocycles. The van der Waals surface area contributed by atoms with Gasteiger partial charge in [-0.05, 0) is 54.5 Å². The Morgan fingerprint density at radius 1 is 0.347 bits per heavy atom. The monoisotopic (exact) mass is 643 g/mol. The Bertz CT molecular complexity index is 2390. The van der Waals surface area contributed by atoms with Crippen molar-refractivity contribution in [1.82, 2.24) is 15.0 Å². The molecule has 2 heterocycles. The zero-order valence-electron chi connectivity index (χ0n) is 27.4. The van der Waals surface area contributed by atoms with Crippen molar-refractivity contribution in [1.29, 1.82) is 0 Å². The third-order valence-electron chi connectivity index (χ3n) is 9.97. The summed E-state index contributed by atoms with van der Waals surface area (Å²) in [7, 11) is -1.97. The van der Waals surface area contributed by atoms with Crippen LogP contribution in [0.3, 0.4) is 0 Å². The van der Waals surface area contributed by atoms with Crippen molar-refractivity contribution in [3.8, 4) is 67.5 Å². The number of hydrogen-bond acceptors (Lipinski definition) is 3. The first kappa shape index (κ1) is 29.2. The molecule has 3 nitrogen and oxygen atoms in total. The van der Waals surface area contributed by atoms with Gasteiger partial charge in [0.05, 0.1) is 0 Å². The van der Waals surface area contributed by atoms with Crippen molar-refractivity contribution < 1.29 is 0 Å². The lowest BCUT2D eigenvalue weighted by molar-refractivity contribution is 1.07. The summed E-state index contributed by atoms with van der Waals surface area (Å²) >= 11 is 0. The second-order valence-electron chi connectivity index (χ2n) is 13.3. The van der Waals surface area contributed by atoms with Crippen LogP contribution in [-0.4, -0.2) is 23.0 Å². The lowest BCUT2D eigenvalue weighted by Gasteiger charge is -2.19. The fourth-order valence-electron chi connectivity index (χ4n) is 7.37. The summed E-state index contributed by atoms with van der Waals surface area (Å²) in [6.45, 7) is 4.92. The SMILES string of the molecule is C[Si]1(C)c2cccc(-c3nc(-c4ccc(-c5ccccc5)cc4)nc(-c4ccc(-c5ccccc5)cc4)n3)c2-c2c1ccc1ccccc21. The molecule has 1 aromatic heterocycles. The Kier molecular flexibility index (Phi) is 6.92. The quantitative estimate of drug-likeness (QED) is 0.175. The van der Waals surface area contributed by atoms with E-state index in [9.17, 15) is 0 Å². The van der Waals surface area contributed by atoms with Gasteiger partial charge in [-0.3, -0.25) is 0 Å². The molecule has 1 aliphatic rings. The van der Waals surface area contributed by atoms with Gasteiger partial charge in [-0.2, -0.15) is 0 Å². The topological polar surface area (TPSA) is 38.7 Å². The average molecular weight is 644 g/mol. The van der Waals surface area contributed by atoms with Crippen molar-refractivity contribution in [2.24, 2.45) is 0 Å². The average Bonchev–Trinajstić information content (AvgIpc) is 3.42. The van der Waals surface area contributed by atoms with Crippen molar-refractivity contribution in [2.75, 3.05) is 0 Å². The first-order valence-electron chi connectivity index (χ1n) is 16.8. The predicted molar refractivity (Wildman–Crippen MR) is 207 cm³/mol. The molecular formula is C45H33N3Si. The number of benzene rings is 7. The highest BCUT2D eigenvalue weighted by Gasteiger charge is 2.40. The van der Waals surface area contributed by atoms with E-state index in [4.69, 9.17) is 15.0 Å². The minimum absolute atomic E-state index is 0.664. The van der Waals surface area contributed by atoms with Crippen LogP contribution in [-0.2, 0) is 0 Å². The minimum Gasteiger partial charge on any atom is -0.208 e. The number of nitrogens with zero attached hydrogens (tertiary/aromatic N) is 3. The van der Waals surface area contributed by atoms with E-state index in [1.807, 2.05) is 12.1 Å². The van der Waals surface area contributed by atoms with Crippen molar-refractivity contribution in [2.45, 2.75) is 13.1 Å². The number of fused-ring (bicyclic) bond motifs is 5. The van der Waals surface area contributed by atoms with Gasteiger partial charge >= 0.3 is 0 Å². The minimum atomic E-state index is -1.97. The fraction of sp³-hybridized carbons (Fsp3) is 0.0444. The summed E-state index contributed by atoms with van der Waals surface area (Å²) in [5.74, 6) is 2.02. The molecule has 0 saturated heterocycles. The Morgan fingerprint density at radius 2 is 0.816 bits per heavy atom. The molecular weight excluding hydrogens is 611 g/mol. The fourth-order valence-corrected chi connectivity index (χ4v) is 10.4. The molecule has 49 heavy (non-hydrogen) atoms. The second kappa shape index (κ2) is 11.6. The van der Waals surface area contributed by atoms with Crippen LogP contribution in [0.5, 0.6) is 0 Å². The van der Waals surface area contributed by atoms with E-state index < -0.39 is 8.07 Å². The Morgan fingerprint density at radius 3 is 1.41 bits per heavy atom. The molecule has 0 spiro atoms. The predicted octanol–water partition coefficient (Wildman–Crippen LogP) is 10.2. The van der Waals surface area contributed by atoms with Crippen LogP contribution < -0.4 is 10.4 Å². The smallest absolute Gasteiger partial charge is 0.164 e. The van der Waals surface area contributed by atoms with Gasteiger partial charge in [0.15, 0.2) is 17.5 Å². The maximum Gasteiger partial charge on any atom is 0.164 e. The van der Waals surface area contributed by atoms with Crippen LogP contribution in [0.1, 0.15) is 0 Å². The Labute approximate surface area is 287 Å². The number of aromatic nitrogens is 3. The Balaban J connectivity index is 1.24. The normalized spacial score (nSPS) is 12.9. The second-order valence-corrected chi connectivity index (χ2v) is 17.6. The highest BCUT2D eigenvalue weighted by atomic mass is 28.3. The lowest BCUT2D eigenvalue weighted by Crippen LogP contribution is -2.49. The first-order valence-corrected chi connectivity index (χ1v) is 19.8. The van der Waals surface area contributed by atoms with Crippen LogP contribution in [0, 0.1) is 0 Å². The van der Waals surface area contributed by atoms with Gasteiger partial charge in [0, 0.05) is 16.7 Å². The van der Waals surface area contributed by atoms with Gasteiger partial charge in [0.1, 0.15) is 8.07 Å². The summed E-state index contributed by atoms with van der Waals surface area (Å²) < 4.78 is 0. The van der Waals surface area contributed by atoms with Gasteiger partial charge in [-0.15, -0.1) is 0 Å². The maximum absolute atomic E-state index is 5.24. The van der Waals surface area contributed by atoms with Gasteiger partial charge in [0.25, 0.3) is 0 Å². The third kappa shape index (κ3) is 5.00. The van der Waals surface area contributed by atoms with Crippen LogP contribution >= 0.6 is 0 Å². The molecule has 8 aromatic rings. The summed E-state index contributed by atoms with van der Waals surface area (Å²) in [6, 6.07) is 58.1. The molecule has 0 unspecified atom stereocenters. The number of rotatable bonds is 5.